The summed E-state index contributed by atoms with van der Waals surface area (Å²) in [6, 6.07) is 16.3. The lowest BCUT2D eigenvalue weighted by molar-refractivity contribution is -0.118. The van der Waals surface area contributed by atoms with E-state index in [1.54, 1.807) is 0 Å². The van der Waals surface area contributed by atoms with Crippen molar-refractivity contribution in [3.05, 3.63) is 71.4 Å². The summed E-state index contributed by atoms with van der Waals surface area (Å²) < 4.78 is 5.90. The van der Waals surface area contributed by atoms with Gasteiger partial charge in [0.25, 0.3) is 0 Å². The van der Waals surface area contributed by atoms with Crippen LogP contribution >= 0.6 is 0 Å². The van der Waals surface area contributed by atoms with Crippen molar-refractivity contribution >= 4 is 11.8 Å². The van der Waals surface area contributed by atoms with E-state index in [1.165, 1.54) is 0 Å². The number of Topliss-reactive ketones (excluding diaryl/α,β-unsaturated/α-hetero) is 1. The number of rotatable bonds is 3. The first-order valence-corrected chi connectivity index (χ1v) is 9.08. The molecule has 0 radical (unpaired) electrons. The standard InChI is InChI=1S/C22H22N2O3/c1-22(2)12-17-19(18(25)13-22)20(24-21(26)23-17)14-7-6-10-16(11-14)27-15-8-4-3-5-9-15/h3-11,20H,12-13H2,1-2H3,(H2,23,24,26). The first kappa shape index (κ1) is 17.3. The fourth-order valence-electron chi connectivity index (χ4n) is 3.79. The van der Waals surface area contributed by atoms with Gasteiger partial charge in [-0.1, -0.05) is 44.2 Å². The maximum absolute atomic E-state index is 12.8. The van der Waals surface area contributed by atoms with Crippen LogP contribution in [0.15, 0.2) is 65.9 Å². The fraction of sp³-hybridized carbons (Fsp3) is 0.273. The van der Waals surface area contributed by atoms with Crippen LogP contribution in [0, 0.1) is 5.41 Å². The molecule has 5 heteroatoms. The molecule has 2 aromatic carbocycles. The number of ketones is 1. The van der Waals surface area contributed by atoms with E-state index >= 15 is 0 Å². The van der Waals surface area contributed by atoms with Crippen LogP contribution in [0.5, 0.6) is 11.5 Å². The minimum Gasteiger partial charge on any atom is -0.457 e. The van der Waals surface area contributed by atoms with Crippen molar-refractivity contribution in [1.29, 1.82) is 0 Å². The maximum atomic E-state index is 12.8. The average molecular weight is 362 g/mol. The highest BCUT2D eigenvalue weighted by molar-refractivity contribution is 6.01. The van der Waals surface area contributed by atoms with Crippen molar-refractivity contribution in [2.75, 3.05) is 0 Å². The summed E-state index contributed by atoms with van der Waals surface area (Å²) in [5.41, 5.74) is 2.08. The van der Waals surface area contributed by atoms with E-state index in [2.05, 4.69) is 10.6 Å². The van der Waals surface area contributed by atoms with Crippen LogP contribution < -0.4 is 15.4 Å². The molecule has 0 bridgehead atoms. The van der Waals surface area contributed by atoms with Gasteiger partial charge in [0, 0.05) is 17.7 Å². The summed E-state index contributed by atoms with van der Waals surface area (Å²) in [5.74, 6) is 1.48. The molecule has 138 valence electrons. The zero-order valence-corrected chi connectivity index (χ0v) is 15.4. The number of carbonyl (C=O) groups excluding carboxylic acids is 2. The smallest absolute Gasteiger partial charge is 0.319 e. The number of carbonyl (C=O) groups is 2. The number of allylic oxidation sites excluding steroid dienone is 1. The number of urea groups is 1. The Morgan fingerprint density at radius 2 is 1.70 bits per heavy atom. The van der Waals surface area contributed by atoms with E-state index in [1.807, 2.05) is 68.4 Å². The highest BCUT2D eigenvalue weighted by Gasteiger charge is 2.40. The zero-order valence-electron chi connectivity index (χ0n) is 15.4. The molecule has 1 aliphatic heterocycles. The van der Waals surface area contributed by atoms with Gasteiger partial charge in [0.15, 0.2) is 5.78 Å². The Morgan fingerprint density at radius 1 is 0.963 bits per heavy atom. The molecule has 0 saturated carbocycles. The van der Waals surface area contributed by atoms with Gasteiger partial charge in [0.1, 0.15) is 11.5 Å². The van der Waals surface area contributed by atoms with Crippen LogP contribution in [0.25, 0.3) is 0 Å². The molecule has 0 fully saturated rings. The third-order valence-corrected chi connectivity index (χ3v) is 4.92. The van der Waals surface area contributed by atoms with Crippen molar-refractivity contribution in [2.45, 2.75) is 32.7 Å². The van der Waals surface area contributed by atoms with Crippen molar-refractivity contribution in [3.8, 4) is 11.5 Å². The lowest BCUT2D eigenvalue weighted by Gasteiger charge is -2.38. The number of para-hydroxylation sites is 1. The molecular weight excluding hydrogens is 340 g/mol. The van der Waals surface area contributed by atoms with Gasteiger partial charge in [-0.05, 0) is 41.7 Å². The van der Waals surface area contributed by atoms with Crippen LogP contribution in [0.2, 0.25) is 0 Å². The van der Waals surface area contributed by atoms with E-state index in [0.29, 0.717) is 24.2 Å². The molecule has 2 aliphatic rings. The van der Waals surface area contributed by atoms with Gasteiger partial charge < -0.3 is 15.4 Å². The number of nitrogens with one attached hydrogen (secondary N) is 2. The first-order valence-electron chi connectivity index (χ1n) is 9.08. The van der Waals surface area contributed by atoms with Gasteiger partial charge in [0.05, 0.1) is 6.04 Å². The number of amides is 2. The van der Waals surface area contributed by atoms with Crippen LogP contribution in [-0.4, -0.2) is 11.8 Å². The second kappa shape index (κ2) is 6.58. The van der Waals surface area contributed by atoms with E-state index in [0.717, 1.165) is 17.0 Å². The second-order valence-corrected chi connectivity index (χ2v) is 7.85. The van der Waals surface area contributed by atoms with Crippen molar-refractivity contribution in [1.82, 2.24) is 10.6 Å². The Balaban J connectivity index is 1.69. The van der Waals surface area contributed by atoms with Gasteiger partial charge >= 0.3 is 6.03 Å². The molecule has 0 aromatic heterocycles. The van der Waals surface area contributed by atoms with Crippen LogP contribution in [0.1, 0.15) is 38.3 Å². The van der Waals surface area contributed by atoms with Crippen molar-refractivity contribution in [3.63, 3.8) is 0 Å². The highest BCUT2D eigenvalue weighted by atomic mass is 16.5. The fourth-order valence-corrected chi connectivity index (χ4v) is 3.79. The number of hydrogen-bond acceptors (Lipinski definition) is 3. The van der Waals surface area contributed by atoms with E-state index in [9.17, 15) is 9.59 Å². The predicted octanol–water partition coefficient (Wildman–Crippen LogP) is 4.48. The van der Waals surface area contributed by atoms with Gasteiger partial charge in [-0.25, -0.2) is 4.79 Å². The summed E-state index contributed by atoms with van der Waals surface area (Å²) in [4.78, 5) is 25.0. The van der Waals surface area contributed by atoms with Crippen molar-refractivity contribution < 1.29 is 14.3 Å². The molecule has 1 unspecified atom stereocenters. The Kier molecular flexibility index (Phi) is 4.22. The van der Waals surface area contributed by atoms with Crippen molar-refractivity contribution in [2.24, 2.45) is 5.41 Å². The molecule has 27 heavy (non-hydrogen) atoms. The molecular formula is C22H22N2O3. The van der Waals surface area contributed by atoms with Gasteiger partial charge in [-0.2, -0.15) is 0 Å². The highest BCUT2D eigenvalue weighted by Crippen LogP contribution is 2.41. The molecule has 1 heterocycles. The Hall–Kier alpha value is -3.08. The van der Waals surface area contributed by atoms with Gasteiger partial charge in [-0.15, -0.1) is 0 Å². The van der Waals surface area contributed by atoms with E-state index in [-0.39, 0.29) is 17.2 Å². The number of ether oxygens (including phenoxy) is 1. The van der Waals surface area contributed by atoms with Crippen LogP contribution in [0.3, 0.4) is 0 Å². The second-order valence-electron chi connectivity index (χ2n) is 7.85. The monoisotopic (exact) mass is 362 g/mol. The van der Waals surface area contributed by atoms with Gasteiger partial charge in [0.2, 0.25) is 0 Å². The summed E-state index contributed by atoms with van der Waals surface area (Å²) in [7, 11) is 0. The lowest BCUT2D eigenvalue weighted by Crippen LogP contribution is -2.48. The molecule has 2 N–H and O–H groups in total. The molecule has 2 aromatic rings. The van der Waals surface area contributed by atoms with Crippen LogP contribution in [0.4, 0.5) is 4.79 Å². The number of benzene rings is 2. The van der Waals surface area contributed by atoms with Gasteiger partial charge in [-0.3, -0.25) is 4.79 Å². The van der Waals surface area contributed by atoms with Crippen LogP contribution in [-0.2, 0) is 4.79 Å². The van der Waals surface area contributed by atoms with E-state index in [4.69, 9.17) is 4.74 Å². The molecule has 0 spiro atoms. The molecule has 1 aliphatic carbocycles. The molecule has 1 atom stereocenters. The SMILES string of the molecule is CC1(C)CC(=O)C2=C(C1)NC(=O)NC2c1cccc(Oc2ccccc2)c1. The Morgan fingerprint density at radius 3 is 2.48 bits per heavy atom. The summed E-state index contributed by atoms with van der Waals surface area (Å²) in [6.45, 7) is 4.10. The Labute approximate surface area is 158 Å². The maximum Gasteiger partial charge on any atom is 0.319 e. The minimum atomic E-state index is -0.461. The predicted molar refractivity (Wildman–Crippen MR) is 102 cm³/mol. The zero-order chi connectivity index (χ0) is 19.0. The first-order chi connectivity index (χ1) is 12.9. The lowest BCUT2D eigenvalue weighted by atomic mass is 9.73. The minimum absolute atomic E-state index is 0.0770. The summed E-state index contributed by atoms with van der Waals surface area (Å²) in [5, 5.41) is 5.73. The summed E-state index contributed by atoms with van der Waals surface area (Å²) in [6.07, 6.45) is 1.15. The quantitative estimate of drug-likeness (QED) is 0.846. The Bertz CT molecular complexity index is 932. The normalized spacial score (nSPS) is 21.2. The topological polar surface area (TPSA) is 67.4 Å². The number of hydrogen-bond donors (Lipinski definition) is 2. The third-order valence-electron chi connectivity index (χ3n) is 4.92. The molecule has 0 saturated heterocycles. The third kappa shape index (κ3) is 3.58. The molecule has 2 amide bonds. The van der Waals surface area contributed by atoms with E-state index < -0.39 is 6.04 Å². The molecule has 4 rings (SSSR count). The summed E-state index contributed by atoms with van der Waals surface area (Å²) >= 11 is 0. The largest absolute Gasteiger partial charge is 0.457 e. The molecule has 5 nitrogen and oxygen atoms in total. The average Bonchev–Trinajstić information content (AvgIpc) is 2.60.